The average molecular weight is 393 g/mol. The number of fused-ring (bicyclic) bond motifs is 1. The summed E-state index contributed by atoms with van der Waals surface area (Å²) in [6, 6.07) is 7.57. The third-order valence-electron chi connectivity index (χ3n) is 4.01. The Kier molecular flexibility index (Phi) is 5.63. The third kappa shape index (κ3) is 3.91. The van der Waals surface area contributed by atoms with E-state index in [1.165, 1.54) is 18.4 Å². The number of esters is 1. The number of methoxy groups -OCH3 is 1. The van der Waals surface area contributed by atoms with Gasteiger partial charge in [-0.2, -0.15) is 0 Å². The number of ether oxygens (including phenoxy) is 3. The quantitative estimate of drug-likeness (QED) is 0.591. The Morgan fingerprint density at radius 1 is 1.35 bits per heavy atom. The van der Waals surface area contributed by atoms with Crippen LogP contribution in [0.2, 0.25) is 0 Å². The molecule has 3 rings (SSSR count). The first-order valence-corrected chi connectivity index (χ1v) is 9.42. The van der Waals surface area contributed by atoms with E-state index in [4.69, 9.17) is 26.4 Å². The minimum absolute atomic E-state index is 0.0447. The zero-order valence-electron chi connectivity index (χ0n) is 14.8. The minimum atomic E-state index is -0.380. The zero-order valence-corrected chi connectivity index (χ0v) is 16.4. The number of thiocarbonyl (C=S) groups is 1. The van der Waals surface area contributed by atoms with E-state index in [0.29, 0.717) is 15.7 Å². The predicted octanol–water partition coefficient (Wildman–Crippen LogP) is 3.87. The highest BCUT2D eigenvalue weighted by atomic mass is 32.1. The second-order valence-corrected chi connectivity index (χ2v) is 7.28. The smallest absolute Gasteiger partial charge is 0.340 e. The number of carbonyl (C=O) groups excluding carboxylic acids is 1. The Morgan fingerprint density at radius 2 is 2.12 bits per heavy atom. The van der Waals surface area contributed by atoms with E-state index in [9.17, 15) is 4.79 Å². The third-order valence-corrected chi connectivity index (χ3v) is 5.42. The van der Waals surface area contributed by atoms with Crippen LogP contribution in [0.25, 0.3) is 0 Å². The Morgan fingerprint density at radius 3 is 2.85 bits per heavy atom. The number of aryl methyl sites for hydroxylation is 1. The molecule has 6 nitrogen and oxygen atoms in total. The number of thiophene rings is 1. The van der Waals surface area contributed by atoms with Crippen molar-refractivity contribution in [2.75, 3.05) is 19.2 Å². The molecule has 1 atom stereocenters. The van der Waals surface area contributed by atoms with Crippen molar-refractivity contribution in [3.63, 3.8) is 0 Å². The van der Waals surface area contributed by atoms with Crippen LogP contribution in [-0.2, 0) is 11.2 Å². The van der Waals surface area contributed by atoms with Crippen LogP contribution in [0, 0.1) is 0 Å². The molecule has 0 saturated heterocycles. The van der Waals surface area contributed by atoms with Crippen LogP contribution in [0.15, 0.2) is 24.3 Å². The number of carbonyl (C=O) groups is 1. The van der Waals surface area contributed by atoms with Crippen LogP contribution in [0.4, 0.5) is 5.00 Å². The van der Waals surface area contributed by atoms with Gasteiger partial charge in [0, 0.05) is 4.88 Å². The maximum atomic E-state index is 12.0. The largest absolute Gasteiger partial charge is 0.465 e. The van der Waals surface area contributed by atoms with Gasteiger partial charge < -0.3 is 24.8 Å². The van der Waals surface area contributed by atoms with Crippen LogP contribution in [-0.4, -0.2) is 25.0 Å². The number of hydrogen-bond donors (Lipinski definition) is 2. The van der Waals surface area contributed by atoms with Crippen LogP contribution in [0.3, 0.4) is 0 Å². The lowest BCUT2D eigenvalue weighted by molar-refractivity contribution is 0.0602. The van der Waals surface area contributed by atoms with E-state index in [1.807, 2.05) is 38.1 Å². The van der Waals surface area contributed by atoms with Gasteiger partial charge in [-0.1, -0.05) is 13.0 Å². The van der Waals surface area contributed by atoms with E-state index < -0.39 is 0 Å². The van der Waals surface area contributed by atoms with Gasteiger partial charge in [-0.3, -0.25) is 0 Å². The summed E-state index contributed by atoms with van der Waals surface area (Å²) in [5.74, 6) is 1.10. The first-order valence-electron chi connectivity index (χ1n) is 8.20. The summed E-state index contributed by atoms with van der Waals surface area (Å²) in [6.07, 6.45) is 0.837. The van der Waals surface area contributed by atoms with E-state index in [-0.39, 0.29) is 18.8 Å². The molecule has 2 aromatic rings. The Labute approximate surface area is 161 Å². The highest BCUT2D eigenvalue weighted by molar-refractivity contribution is 7.80. The SMILES string of the molecule is CCc1cc(C(=O)OC)c(NC(=S)N[C@H](C)c2ccc3c(c2)OCO3)s1. The molecule has 0 bridgehead atoms. The molecule has 2 N–H and O–H groups in total. The predicted molar refractivity (Wildman–Crippen MR) is 105 cm³/mol. The lowest BCUT2D eigenvalue weighted by atomic mass is 10.1. The second-order valence-electron chi connectivity index (χ2n) is 5.73. The first kappa shape index (κ1) is 18.5. The molecular weight excluding hydrogens is 372 g/mol. The monoisotopic (exact) mass is 392 g/mol. The van der Waals surface area contributed by atoms with Crippen LogP contribution in [0.5, 0.6) is 11.5 Å². The van der Waals surface area contributed by atoms with Crippen molar-refractivity contribution in [3.05, 3.63) is 40.3 Å². The maximum Gasteiger partial charge on any atom is 0.340 e. The molecule has 0 unspecified atom stereocenters. The number of nitrogens with one attached hydrogen (secondary N) is 2. The molecule has 0 fully saturated rings. The normalized spacial score (nSPS) is 13.2. The van der Waals surface area contributed by atoms with Gasteiger partial charge in [-0.25, -0.2) is 4.79 Å². The number of anilines is 1. The second kappa shape index (κ2) is 7.92. The van der Waals surface area contributed by atoms with Gasteiger partial charge >= 0.3 is 5.97 Å². The molecule has 1 aromatic heterocycles. The zero-order chi connectivity index (χ0) is 18.7. The molecule has 2 heterocycles. The van der Waals surface area contributed by atoms with E-state index in [0.717, 1.165) is 28.4 Å². The van der Waals surface area contributed by atoms with Crippen molar-refractivity contribution in [2.45, 2.75) is 26.3 Å². The van der Waals surface area contributed by atoms with Crippen molar-refractivity contribution in [1.82, 2.24) is 5.32 Å². The number of benzene rings is 1. The minimum Gasteiger partial charge on any atom is -0.465 e. The lowest BCUT2D eigenvalue weighted by Gasteiger charge is -2.17. The summed E-state index contributed by atoms with van der Waals surface area (Å²) in [5, 5.41) is 7.46. The maximum absolute atomic E-state index is 12.0. The van der Waals surface area contributed by atoms with Crippen LogP contribution in [0.1, 0.15) is 40.7 Å². The van der Waals surface area contributed by atoms with E-state index in [1.54, 1.807) is 0 Å². The Bertz CT molecular complexity index is 835. The number of hydrogen-bond acceptors (Lipinski definition) is 6. The van der Waals surface area contributed by atoms with Crippen LogP contribution >= 0.6 is 23.6 Å². The molecule has 138 valence electrons. The summed E-state index contributed by atoms with van der Waals surface area (Å²) < 4.78 is 15.6. The van der Waals surface area contributed by atoms with Crippen molar-refractivity contribution < 1.29 is 19.0 Å². The van der Waals surface area contributed by atoms with Crippen molar-refractivity contribution in [3.8, 4) is 11.5 Å². The molecule has 8 heteroatoms. The van der Waals surface area contributed by atoms with Crippen LogP contribution < -0.4 is 20.1 Å². The topological polar surface area (TPSA) is 68.8 Å². The average Bonchev–Trinajstić information content (AvgIpc) is 3.26. The molecule has 0 radical (unpaired) electrons. The van der Waals surface area contributed by atoms with Gasteiger partial charge in [0.05, 0.1) is 18.7 Å². The molecular formula is C18H20N2O4S2. The molecule has 1 aromatic carbocycles. The van der Waals surface area contributed by atoms with Crippen molar-refractivity contribution in [1.29, 1.82) is 0 Å². The van der Waals surface area contributed by atoms with Gasteiger partial charge in [-0.15, -0.1) is 11.3 Å². The summed E-state index contributed by atoms with van der Waals surface area (Å²) >= 11 is 6.91. The van der Waals surface area contributed by atoms with Gasteiger partial charge in [0.2, 0.25) is 6.79 Å². The molecule has 26 heavy (non-hydrogen) atoms. The first-order chi connectivity index (χ1) is 12.5. The van der Waals surface area contributed by atoms with E-state index >= 15 is 0 Å². The van der Waals surface area contributed by atoms with E-state index in [2.05, 4.69) is 10.6 Å². The molecule has 0 amide bonds. The fourth-order valence-electron chi connectivity index (χ4n) is 2.57. The highest BCUT2D eigenvalue weighted by Crippen LogP contribution is 2.34. The molecule has 0 aliphatic carbocycles. The molecule has 0 saturated carbocycles. The lowest BCUT2D eigenvalue weighted by Crippen LogP contribution is -2.31. The van der Waals surface area contributed by atoms with Gasteiger partial charge in [0.1, 0.15) is 5.00 Å². The molecule has 1 aliphatic rings. The Hall–Kier alpha value is -2.32. The van der Waals surface area contributed by atoms with Crippen molar-refractivity contribution >= 4 is 39.6 Å². The Balaban J connectivity index is 1.69. The molecule has 0 spiro atoms. The fraction of sp³-hybridized carbons (Fsp3) is 0.333. The summed E-state index contributed by atoms with van der Waals surface area (Å²) in [4.78, 5) is 13.0. The summed E-state index contributed by atoms with van der Waals surface area (Å²) in [7, 11) is 1.37. The van der Waals surface area contributed by atoms with Gasteiger partial charge in [-0.05, 0) is 49.3 Å². The fourth-order valence-corrected chi connectivity index (χ4v) is 3.90. The molecule has 1 aliphatic heterocycles. The highest BCUT2D eigenvalue weighted by Gasteiger charge is 2.19. The summed E-state index contributed by atoms with van der Waals surface area (Å²) in [5.41, 5.74) is 1.52. The van der Waals surface area contributed by atoms with Crippen molar-refractivity contribution in [2.24, 2.45) is 0 Å². The number of rotatable bonds is 5. The van der Waals surface area contributed by atoms with Gasteiger partial charge in [0.25, 0.3) is 0 Å². The van der Waals surface area contributed by atoms with Gasteiger partial charge in [0.15, 0.2) is 16.6 Å². The standard InChI is InChI=1S/C18H20N2O4S2/c1-4-12-8-13(17(21)22-3)16(26-12)20-18(25)19-10(2)11-5-6-14-15(7-11)24-9-23-14/h5-8,10H,4,9H2,1-3H3,(H2,19,20,25)/t10-/m1/s1. The summed E-state index contributed by atoms with van der Waals surface area (Å²) in [6.45, 7) is 4.28.